The van der Waals surface area contributed by atoms with E-state index in [-0.39, 0.29) is 5.88 Å². The van der Waals surface area contributed by atoms with E-state index in [1.165, 1.54) is 5.56 Å². The smallest absolute Gasteiger partial charge is 0.244 e. The number of aromatic amines is 1. The van der Waals surface area contributed by atoms with E-state index in [1.54, 1.807) is 17.8 Å². The van der Waals surface area contributed by atoms with Crippen LogP contribution in [0.3, 0.4) is 0 Å². The second kappa shape index (κ2) is 7.63. The number of benzene rings is 2. The third-order valence-electron chi connectivity index (χ3n) is 4.64. The van der Waals surface area contributed by atoms with Crippen LogP contribution in [0.4, 0.5) is 0 Å². The van der Waals surface area contributed by atoms with Crippen molar-refractivity contribution in [3.8, 4) is 11.9 Å². The van der Waals surface area contributed by atoms with E-state index >= 15 is 0 Å². The molecule has 0 aliphatic carbocycles. The minimum absolute atomic E-state index is 0.0594. The minimum atomic E-state index is -0.421. The molecule has 3 N–H and O–H groups in total. The Bertz CT molecular complexity index is 1100. The summed E-state index contributed by atoms with van der Waals surface area (Å²) < 4.78 is 5.62. The van der Waals surface area contributed by atoms with Gasteiger partial charge in [-0.05, 0) is 30.7 Å². The fourth-order valence-corrected chi connectivity index (χ4v) is 4.33. The molecule has 140 valence electrons. The van der Waals surface area contributed by atoms with Crippen molar-refractivity contribution >= 4 is 23.4 Å². The molecule has 1 aliphatic rings. The van der Waals surface area contributed by atoms with Crippen molar-refractivity contribution < 1.29 is 4.74 Å². The van der Waals surface area contributed by atoms with Crippen molar-refractivity contribution in [2.75, 3.05) is 0 Å². The molecule has 0 radical (unpaired) electrons. The molecule has 4 rings (SSSR count). The average molecular weight is 409 g/mol. The molecule has 28 heavy (non-hydrogen) atoms. The molecule has 0 saturated carbocycles. The van der Waals surface area contributed by atoms with Gasteiger partial charge in [0.25, 0.3) is 0 Å². The number of allylic oxidation sites excluding steroid dienone is 1. The molecule has 0 spiro atoms. The van der Waals surface area contributed by atoms with Crippen LogP contribution in [-0.2, 0) is 5.75 Å². The van der Waals surface area contributed by atoms with Gasteiger partial charge in [0, 0.05) is 15.7 Å². The van der Waals surface area contributed by atoms with Crippen LogP contribution in [0.2, 0.25) is 5.02 Å². The van der Waals surface area contributed by atoms with Crippen molar-refractivity contribution in [3.63, 3.8) is 0 Å². The van der Waals surface area contributed by atoms with Gasteiger partial charge in [0.05, 0.1) is 17.2 Å². The number of rotatable bonds is 4. The van der Waals surface area contributed by atoms with Gasteiger partial charge < -0.3 is 10.5 Å². The quantitative estimate of drug-likeness (QED) is 0.600. The highest BCUT2D eigenvalue weighted by Gasteiger charge is 2.36. The number of nitrogens with zero attached hydrogens (tertiary/aromatic N) is 2. The number of fused-ring (bicyclic) bond motifs is 1. The second-order valence-corrected chi connectivity index (χ2v) is 7.92. The molecule has 2 heterocycles. The lowest BCUT2D eigenvalue weighted by Crippen LogP contribution is -2.21. The number of halogens is 1. The number of nitrogens with two attached hydrogens (primary N) is 1. The maximum absolute atomic E-state index is 9.73. The zero-order valence-corrected chi connectivity index (χ0v) is 16.6. The second-order valence-electron chi connectivity index (χ2n) is 6.47. The number of thioether (sulfide) groups is 1. The van der Waals surface area contributed by atoms with Gasteiger partial charge >= 0.3 is 0 Å². The van der Waals surface area contributed by atoms with Crippen LogP contribution in [0.5, 0.6) is 5.88 Å². The zero-order valence-electron chi connectivity index (χ0n) is 15.1. The molecular formula is C21H17ClN4OS. The maximum Gasteiger partial charge on any atom is 0.244 e. The van der Waals surface area contributed by atoms with E-state index < -0.39 is 5.92 Å². The highest BCUT2D eigenvalue weighted by atomic mass is 35.5. The predicted octanol–water partition coefficient (Wildman–Crippen LogP) is 4.88. The van der Waals surface area contributed by atoms with Gasteiger partial charge in [-0.15, -0.1) is 16.9 Å². The molecule has 7 heteroatoms. The van der Waals surface area contributed by atoms with Crippen molar-refractivity contribution in [1.82, 2.24) is 10.2 Å². The Labute approximate surface area is 172 Å². The molecule has 1 aliphatic heterocycles. The Hall–Kier alpha value is -2.88. The number of hydrogen-bond donors (Lipinski definition) is 2. The number of ether oxygens (including phenoxy) is 1. The highest BCUT2D eigenvalue weighted by molar-refractivity contribution is 7.98. The van der Waals surface area contributed by atoms with E-state index in [0.29, 0.717) is 22.2 Å². The van der Waals surface area contributed by atoms with Gasteiger partial charge in [-0.3, -0.25) is 5.10 Å². The van der Waals surface area contributed by atoms with Crippen molar-refractivity contribution in [2.45, 2.75) is 23.5 Å². The van der Waals surface area contributed by atoms with Crippen LogP contribution in [0.1, 0.15) is 28.3 Å². The largest absolute Gasteiger partial charge is 0.420 e. The number of hydrogen-bond acceptors (Lipinski definition) is 5. The summed E-state index contributed by atoms with van der Waals surface area (Å²) in [7, 11) is 0. The first-order valence-electron chi connectivity index (χ1n) is 8.67. The highest BCUT2D eigenvalue weighted by Crippen LogP contribution is 2.45. The Morgan fingerprint density at radius 1 is 1.25 bits per heavy atom. The Balaban J connectivity index is 1.74. The van der Waals surface area contributed by atoms with Gasteiger partial charge in [0.1, 0.15) is 11.6 Å². The van der Waals surface area contributed by atoms with Crippen LogP contribution in [-0.4, -0.2) is 10.2 Å². The summed E-state index contributed by atoms with van der Waals surface area (Å²) in [5.41, 5.74) is 10.0. The summed E-state index contributed by atoms with van der Waals surface area (Å²) in [6.45, 7) is 2.06. The van der Waals surface area contributed by atoms with E-state index in [4.69, 9.17) is 22.1 Å². The van der Waals surface area contributed by atoms with Crippen LogP contribution >= 0.6 is 23.4 Å². The monoisotopic (exact) mass is 408 g/mol. The topological polar surface area (TPSA) is 87.7 Å². The lowest BCUT2D eigenvalue weighted by atomic mass is 9.84. The van der Waals surface area contributed by atoms with Gasteiger partial charge in [0.15, 0.2) is 0 Å². The Kier molecular flexibility index (Phi) is 5.03. The van der Waals surface area contributed by atoms with E-state index in [0.717, 1.165) is 21.7 Å². The third-order valence-corrected chi connectivity index (χ3v) is 6.02. The predicted molar refractivity (Wildman–Crippen MR) is 110 cm³/mol. The zero-order chi connectivity index (χ0) is 19.7. The van der Waals surface area contributed by atoms with E-state index in [1.807, 2.05) is 18.2 Å². The number of H-pyrrole nitrogens is 1. The summed E-state index contributed by atoms with van der Waals surface area (Å²) in [6, 6.07) is 18.0. The average Bonchev–Trinajstić information content (AvgIpc) is 3.09. The van der Waals surface area contributed by atoms with Crippen molar-refractivity contribution in [2.24, 2.45) is 5.73 Å². The van der Waals surface area contributed by atoms with Gasteiger partial charge in [0.2, 0.25) is 11.8 Å². The minimum Gasteiger partial charge on any atom is -0.420 e. The summed E-state index contributed by atoms with van der Waals surface area (Å²) in [6.07, 6.45) is 0. The maximum atomic E-state index is 9.73. The van der Waals surface area contributed by atoms with E-state index in [2.05, 4.69) is 47.5 Å². The van der Waals surface area contributed by atoms with Crippen LogP contribution in [0.15, 0.2) is 64.9 Å². The lowest BCUT2D eigenvalue weighted by molar-refractivity contribution is 0.379. The van der Waals surface area contributed by atoms with Crippen LogP contribution in [0.25, 0.3) is 0 Å². The summed E-state index contributed by atoms with van der Waals surface area (Å²) in [4.78, 5) is 1.15. The summed E-state index contributed by atoms with van der Waals surface area (Å²) in [5.74, 6) is 0.675. The number of nitrogens with one attached hydrogen (secondary N) is 1. The first-order valence-corrected chi connectivity index (χ1v) is 10.0. The SMILES string of the molecule is Cc1ccc(SCc2[nH]nc3c2C(c2ccccc2Cl)C(C#N)=C(N)O3)cc1. The third kappa shape index (κ3) is 3.35. The van der Waals surface area contributed by atoms with Gasteiger partial charge in [-0.2, -0.15) is 5.26 Å². The first-order chi connectivity index (χ1) is 13.6. The fraction of sp³-hybridized carbons (Fsp3) is 0.143. The normalized spacial score (nSPS) is 15.7. The van der Waals surface area contributed by atoms with E-state index in [9.17, 15) is 5.26 Å². The summed E-state index contributed by atoms with van der Waals surface area (Å²) in [5, 5.41) is 17.6. The van der Waals surface area contributed by atoms with Crippen LogP contribution < -0.4 is 10.5 Å². The van der Waals surface area contributed by atoms with Gasteiger partial charge in [-0.1, -0.05) is 47.5 Å². The number of aromatic nitrogens is 2. The first kappa shape index (κ1) is 18.5. The molecule has 1 unspecified atom stereocenters. The Morgan fingerprint density at radius 3 is 2.71 bits per heavy atom. The molecular weight excluding hydrogens is 392 g/mol. The van der Waals surface area contributed by atoms with Crippen molar-refractivity contribution in [3.05, 3.63) is 87.4 Å². The number of nitriles is 1. The summed E-state index contributed by atoms with van der Waals surface area (Å²) >= 11 is 8.13. The van der Waals surface area contributed by atoms with Crippen LogP contribution in [0, 0.1) is 18.3 Å². The molecule has 2 aromatic carbocycles. The lowest BCUT2D eigenvalue weighted by Gasteiger charge is -2.24. The molecule has 0 amide bonds. The molecule has 0 fully saturated rings. The molecule has 1 atom stereocenters. The molecule has 0 bridgehead atoms. The van der Waals surface area contributed by atoms with Crippen molar-refractivity contribution in [1.29, 1.82) is 5.26 Å². The molecule has 5 nitrogen and oxygen atoms in total. The van der Waals surface area contributed by atoms with Gasteiger partial charge in [-0.25, -0.2) is 0 Å². The standard InChI is InChI=1S/C21H17ClN4OS/c1-12-6-8-13(9-7-12)28-11-17-19-18(14-4-2-3-5-16(14)22)15(10-23)20(24)27-21(19)26-25-17/h2-9,18H,11,24H2,1H3,(H,25,26). The molecule has 0 saturated heterocycles. The fourth-order valence-electron chi connectivity index (χ4n) is 3.23. The Morgan fingerprint density at radius 2 is 2.00 bits per heavy atom. The molecule has 3 aromatic rings. The number of aryl methyl sites for hydroxylation is 1. The molecule has 1 aromatic heterocycles.